The van der Waals surface area contributed by atoms with Gasteiger partial charge in [0.15, 0.2) is 0 Å². The molecule has 2 fully saturated rings. The third-order valence-corrected chi connectivity index (χ3v) is 5.78. The van der Waals surface area contributed by atoms with Crippen molar-refractivity contribution in [3.8, 4) is 0 Å². The van der Waals surface area contributed by atoms with Crippen LogP contribution in [-0.2, 0) is 0 Å². The minimum Gasteiger partial charge on any atom is -0.314 e. The quantitative estimate of drug-likeness (QED) is 0.752. The molecule has 0 saturated heterocycles. The molecule has 2 aliphatic rings. The van der Waals surface area contributed by atoms with E-state index in [0.29, 0.717) is 0 Å². The van der Waals surface area contributed by atoms with Gasteiger partial charge < -0.3 is 5.32 Å². The minimum atomic E-state index is 0.817. The Balaban J connectivity index is 2.07. The van der Waals surface area contributed by atoms with Crippen LogP contribution < -0.4 is 5.32 Å². The van der Waals surface area contributed by atoms with E-state index in [1.807, 2.05) is 0 Å². The highest BCUT2D eigenvalue weighted by Crippen LogP contribution is 2.42. The van der Waals surface area contributed by atoms with E-state index in [4.69, 9.17) is 0 Å². The van der Waals surface area contributed by atoms with Crippen molar-refractivity contribution in [2.24, 2.45) is 23.7 Å². The summed E-state index contributed by atoms with van der Waals surface area (Å²) in [6.45, 7) is 8.34. The molecule has 2 saturated carbocycles. The zero-order chi connectivity index (χ0) is 13.0. The topological polar surface area (TPSA) is 12.0 Å². The molecule has 0 radical (unpaired) electrons. The van der Waals surface area contributed by atoms with Crippen molar-refractivity contribution < 1.29 is 0 Å². The first-order valence-corrected chi connectivity index (χ1v) is 8.51. The fourth-order valence-electron chi connectivity index (χ4n) is 4.78. The number of rotatable bonds is 5. The van der Waals surface area contributed by atoms with Crippen LogP contribution in [0.3, 0.4) is 0 Å². The van der Waals surface area contributed by atoms with Crippen molar-refractivity contribution in [1.82, 2.24) is 5.32 Å². The van der Waals surface area contributed by atoms with Gasteiger partial charge in [-0.15, -0.1) is 0 Å². The summed E-state index contributed by atoms with van der Waals surface area (Å²) >= 11 is 0. The highest BCUT2D eigenvalue weighted by Gasteiger charge is 2.38. The lowest BCUT2D eigenvalue weighted by atomic mass is 9.69. The molecule has 0 aromatic carbocycles. The smallest absolute Gasteiger partial charge is 0.0129 e. The summed E-state index contributed by atoms with van der Waals surface area (Å²) < 4.78 is 0. The zero-order valence-corrected chi connectivity index (χ0v) is 12.8. The van der Waals surface area contributed by atoms with Crippen LogP contribution in [0.1, 0.15) is 72.1 Å². The Morgan fingerprint density at radius 3 is 2.28 bits per heavy atom. The summed E-state index contributed by atoms with van der Waals surface area (Å²) in [5, 5.41) is 3.89. The van der Waals surface area contributed by atoms with Gasteiger partial charge in [0.25, 0.3) is 0 Å². The lowest BCUT2D eigenvalue weighted by molar-refractivity contribution is 0.124. The van der Waals surface area contributed by atoms with Gasteiger partial charge in [0.2, 0.25) is 0 Å². The Labute approximate surface area is 114 Å². The molecule has 2 rings (SSSR count). The molecule has 0 bridgehead atoms. The first-order valence-electron chi connectivity index (χ1n) is 8.51. The van der Waals surface area contributed by atoms with Crippen molar-refractivity contribution in [1.29, 1.82) is 0 Å². The molecule has 5 atom stereocenters. The maximum absolute atomic E-state index is 3.89. The monoisotopic (exact) mass is 251 g/mol. The fraction of sp³-hybridized carbons (Fsp3) is 1.00. The summed E-state index contributed by atoms with van der Waals surface area (Å²) in [5.41, 5.74) is 0. The van der Waals surface area contributed by atoms with Crippen LogP contribution in [0.25, 0.3) is 0 Å². The molecular formula is C17H33N. The Morgan fingerprint density at radius 1 is 0.944 bits per heavy atom. The van der Waals surface area contributed by atoms with Crippen molar-refractivity contribution in [2.75, 3.05) is 6.54 Å². The van der Waals surface area contributed by atoms with Crippen molar-refractivity contribution >= 4 is 0 Å². The number of nitrogens with one attached hydrogen (secondary N) is 1. The fourth-order valence-corrected chi connectivity index (χ4v) is 4.78. The maximum Gasteiger partial charge on any atom is 0.0129 e. The summed E-state index contributed by atoms with van der Waals surface area (Å²) in [6.07, 6.45) is 11.7. The summed E-state index contributed by atoms with van der Waals surface area (Å²) in [7, 11) is 0. The first kappa shape index (κ1) is 14.4. The van der Waals surface area contributed by atoms with Gasteiger partial charge in [-0.05, 0) is 43.1 Å². The lowest BCUT2D eigenvalue weighted by Crippen LogP contribution is -2.46. The van der Waals surface area contributed by atoms with E-state index in [1.165, 1.54) is 51.4 Å². The molecular weight excluding hydrogens is 218 g/mol. The van der Waals surface area contributed by atoms with Crippen LogP contribution in [0.4, 0.5) is 0 Å². The highest BCUT2D eigenvalue weighted by atomic mass is 14.9. The Bertz CT molecular complexity index is 238. The van der Waals surface area contributed by atoms with Gasteiger partial charge >= 0.3 is 0 Å². The van der Waals surface area contributed by atoms with Gasteiger partial charge in [0, 0.05) is 6.04 Å². The second-order valence-electron chi connectivity index (χ2n) is 6.77. The molecule has 2 aliphatic carbocycles. The summed E-state index contributed by atoms with van der Waals surface area (Å²) in [5.74, 6) is 3.88. The largest absolute Gasteiger partial charge is 0.314 e. The van der Waals surface area contributed by atoms with Gasteiger partial charge in [-0.2, -0.15) is 0 Å². The van der Waals surface area contributed by atoms with Gasteiger partial charge in [-0.3, -0.25) is 0 Å². The average molecular weight is 251 g/mol. The van der Waals surface area contributed by atoms with Crippen LogP contribution in [0.15, 0.2) is 0 Å². The van der Waals surface area contributed by atoms with Gasteiger partial charge in [-0.1, -0.05) is 59.3 Å². The predicted octanol–water partition coefficient (Wildman–Crippen LogP) is 4.62. The van der Waals surface area contributed by atoms with E-state index in [0.717, 1.165) is 36.3 Å². The third kappa shape index (κ3) is 3.10. The second-order valence-corrected chi connectivity index (χ2v) is 6.77. The van der Waals surface area contributed by atoms with E-state index < -0.39 is 0 Å². The molecule has 1 heteroatoms. The normalized spacial score (nSPS) is 38.8. The van der Waals surface area contributed by atoms with Crippen LogP contribution >= 0.6 is 0 Å². The van der Waals surface area contributed by atoms with E-state index in [9.17, 15) is 0 Å². The standard InChI is InChI=1S/C17H33N/c1-4-14-10-6-7-11-16(14)17(18-5-2)15-12-8-9-13(15)3/h13-18H,4-12H2,1-3H3. The molecule has 0 aromatic heterocycles. The van der Waals surface area contributed by atoms with Crippen molar-refractivity contribution in [3.05, 3.63) is 0 Å². The number of hydrogen-bond acceptors (Lipinski definition) is 1. The molecule has 18 heavy (non-hydrogen) atoms. The molecule has 0 amide bonds. The van der Waals surface area contributed by atoms with Crippen LogP contribution in [-0.4, -0.2) is 12.6 Å². The average Bonchev–Trinajstić information content (AvgIpc) is 2.82. The number of hydrogen-bond donors (Lipinski definition) is 1. The van der Waals surface area contributed by atoms with Crippen LogP contribution in [0.2, 0.25) is 0 Å². The Kier molecular flexibility index (Phi) is 5.54. The first-order chi connectivity index (χ1) is 8.77. The van der Waals surface area contributed by atoms with E-state index >= 15 is 0 Å². The van der Waals surface area contributed by atoms with Gasteiger partial charge in [0.05, 0.1) is 0 Å². The summed E-state index contributed by atoms with van der Waals surface area (Å²) in [4.78, 5) is 0. The minimum absolute atomic E-state index is 0.817. The SMILES string of the molecule is CCNC(C1CCCC1C)C1CCCCC1CC. The lowest BCUT2D eigenvalue weighted by Gasteiger charge is -2.41. The zero-order valence-electron chi connectivity index (χ0n) is 12.8. The Morgan fingerprint density at radius 2 is 1.67 bits per heavy atom. The van der Waals surface area contributed by atoms with E-state index in [-0.39, 0.29) is 0 Å². The Hall–Kier alpha value is -0.0400. The van der Waals surface area contributed by atoms with Crippen LogP contribution in [0.5, 0.6) is 0 Å². The predicted molar refractivity (Wildman–Crippen MR) is 79.7 cm³/mol. The molecule has 5 unspecified atom stereocenters. The van der Waals surface area contributed by atoms with Crippen molar-refractivity contribution in [2.45, 2.75) is 78.2 Å². The highest BCUT2D eigenvalue weighted by molar-refractivity contribution is 4.92. The van der Waals surface area contributed by atoms with Crippen LogP contribution in [0, 0.1) is 23.7 Å². The van der Waals surface area contributed by atoms with Crippen molar-refractivity contribution in [3.63, 3.8) is 0 Å². The van der Waals surface area contributed by atoms with Gasteiger partial charge in [0.1, 0.15) is 0 Å². The van der Waals surface area contributed by atoms with E-state index in [2.05, 4.69) is 26.1 Å². The third-order valence-electron chi connectivity index (χ3n) is 5.78. The summed E-state index contributed by atoms with van der Waals surface area (Å²) in [6, 6.07) is 0.817. The molecule has 0 aliphatic heterocycles. The van der Waals surface area contributed by atoms with E-state index in [1.54, 1.807) is 0 Å². The second kappa shape index (κ2) is 6.93. The molecule has 0 heterocycles. The molecule has 0 aromatic rings. The maximum atomic E-state index is 3.89. The molecule has 1 N–H and O–H groups in total. The molecule has 1 nitrogen and oxygen atoms in total. The van der Waals surface area contributed by atoms with Gasteiger partial charge in [-0.25, -0.2) is 0 Å². The molecule has 106 valence electrons. The molecule has 0 spiro atoms.